The number of ether oxygens (including phenoxy) is 1. The first-order valence-corrected chi connectivity index (χ1v) is 5.67. The van der Waals surface area contributed by atoms with Crippen LogP contribution in [-0.2, 0) is 18.0 Å². The van der Waals surface area contributed by atoms with Gasteiger partial charge in [-0.15, -0.1) is 0 Å². The Kier molecular flexibility index (Phi) is 3.51. The molecule has 0 saturated heterocycles. The van der Waals surface area contributed by atoms with Crippen molar-refractivity contribution < 1.29 is 22.7 Å². The molecule has 6 nitrogen and oxygen atoms in total. The SMILES string of the molecule is CCOC(=O)c1cnn(-c2ccn(C)n2)c1C(F)(F)F. The highest BCUT2D eigenvalue weighted by molar-refractivity contribution is 5.90. The largest absolute Gasteiger partial charge is 0.462 e. The van der Waals surface area contributed by atoms with Gasteiger partial charge in [0.15, 0.2) is 11.5 Å². The van der Waals surface area contributed by atoms with Gasteiger partial charge < -0.3 is 4.74 Å². The molecule has 0 N–H and O–H groups in total. The molecule has 0 spiro atoms. The summed E-state index contributed by atoms with van der Waals surface area (Å²) in [5, 5.41) is 7.43. The van der Waals surface area contributed by atoms with Gasteiger partial charge in [-0.1, -0.05) is 0 Å². The highest BCUT2D eigenvalue weighted by Gasteiger charge is 2.41. The smallest absolute Gasteiger partial charge is 0.434 e. The molecule has 0 aliphatic carbocycles. The molecule has 0 aliphatic heterocycles. The molecule has 0 aliphatic rings. The number of carbonyl (C=O) groups excluding carboxylic acids is 1. The predicted octanol–water partition coefficient (Wildman–Crippen LogP) is 1.80. The third-order valence-corrected chi connectivity index (χ3v) is 2.45. The fourth-order valence-corrected chi connectivity index (χ4v) is 1.67. The lowest BCUT2D eigenvalue weighted by molar-refractivity contribution is -0.143. The number of nitrogens with zero attached hydrogens (tertiary/aromatic N) is 4. The first-order chi connectivity index (χ1) is 9.34. The maximum Gasteiger partial charge on any atom is 0.434 e. The van der Waals surface area contributed by atoms with E-state index in [0.717, 1.165) is 6.20 Å². The van der Waals surface area contributed by atoms with Crippen molar-refractivity contribution in [3.8, 4) is 5.82 Å². The Morgan fingerprint density at radius 2 is 2.15 bits per heavy atom. The molecule has 0 unspecified atom stereocenters. The number of rotatable bonds is 3. The Morgan fingerprint density at radius 1 is 1.45 bits per heavy atom. The summed E-state index contributed by atoms with van der Waals surface area (Å²) in [5.74, 6) is -1.10. The second kappa shape index (κ2) is 4.99. The van der Waals surface area contributed by atoms with Gasteiger partial charge in [-0.25, -0.2) is 9.48 Å². The highest BCUT2D eigenvalue weighted by Crippen LogP contribution is 2.33. The van der Waals surface area contributed by atoms with Crippen LogP contribution in [0, 0.1) is 0 Å². The van der Waals surface area contributed by atoms with Gasteiger partial charge >= 0.3 is 12.1 Å². The van der Waals surface area contributed by atoms with Crippen molar-refractivity contribution in [2.24, 2.45) is 7.05 Å². The summed E-state index contributed by atoms with van der Waals surface area (Å²) in [5.41, 5.74) is -1.83. The van der Waals surface area contributed by atoms with Crippen LogP contribution in [0.25, 0.3) is 5.82 Å². The summed E-state index contributed by atoms with van der Waals surface area (Å²) in [6.45, 7) is 1.49. The second-order valence-corrected chi connectivity index (χ2v) is 3.88. The molecule has 0 radical (unpaired) electrons. The minimum absolute atomic E-state index is 0.0229. The van der Waals surface area contributed by atoms with Gasteiger partial charge in [0.25, 0.3) is 0 Å². The lowest BCUT2D eigenvalue weighted by Crippen LogP contribution is -2.18. The Labute approximate surface area is 111 Å². The quantitative estimate of drug-likeness (QED) is 0.808. The number of hydrogen-bond donors (Lipinski definition) is 0. The maximum atomic E-state index is 13.1. The summed E-state index contributed by atoms with van der Waals surface area (Å²) < 4.78 is 45.9. The van der Waals surface area contributed by atoms with Gasteiger partial charge in [0.05, 0.1) is 12.8 Å². The summed E-state index contributed by atoms with van der Waals surface area (Å²) in [6.07, 6.45) is -2.45. The highest BCUT2D eigenvalue weighted by atomic mass is 19.4. The fourth-order valence-electron chi connectivity index (χ4n) is 1.67. The van der Waals surface area contributed by atoms with Crippen LogP contribution in [0.3, 0.4) is 0 Å². The Hall–Kier alpha value is -2.32. The van der Waals surface area contributed by atoms with Crippen LogP contribution in [0.2, 0.25) is 0 Å². The molecule has 2 heterocycles. The van der Waals surface area contributed by atoms with E-state index in [4.69, 9.17) is 0 Å². The topological polar surface area (TPSA) is 61.9 Å². The average molecular weight is 288 g/mol. The van der Waals surface area contributed by atoms with Gasteiger partial charge in [0.1, 0.15) is 5.56 Å². The van der Waals surface area contributed by atoms with E-state index in [0.29, 0.717) is 4.68 Å². The van der Waals surface area contributed by atoms with E-state index in [2.05, 4.69) is 14.9 Å². The molecular weight excluding hydrogens is 277 g/mol. The molecule has 0 bridgehead atoms. The zero-order chi connectivity index (χ0) is 14.9. The molecule has 108 valence electrons. The first-order valence-electron chi connectivity index (χ1n) is 5.67. The van der Waals surface area contributed by atoms with Crippen LogP contribution in [-0.4, -0.2) is 32.1 Å². The van der Waals surface area contributed by atoms with Crippen molar-refractivity contribution in [3.05, 3.63) is 29.7 Å². The average Bonchev–Trinajstić information content (AvgIpc) is 2.93. The zero-order valence-corrected chi connectivity index (χ0v) is 10.7. The Balaban J connectivity index is 2.57. The molecular formula is C11H11F3N4O2. The number of hydrogen-bond acceptors (Lipinski definition) is 4. The van der Waals surface area contributed by atoms with Crippen LogP contribution in [0.4, 0.5) is 13.2 Å². The zero-order valence-electron chi connectivity index (χ0n) is 10.7. The van der Waals surface area contributed by atoms with Gasteiger partial charge in [-0.2, -0.15) is 23.4 Å². The van der Waals surface area contributed by atoms with E-state index in [1.54, 1.807) is 7.05 Å². The fraction of sp³-hybridized carbons (Fsp3) is 0.364. The molecule has 2 aromatic rings. The van der Waals surface area contributed by atoms with Crippen molar-refractivity contribution in [2.75, 3.05) is 6.61 Å². The number of aryl methyl sites for hydroxylation is 1. The number of carbonyl (C=O) groups is 1. The van der Waals surface area contributed by atoms with E-state index >= 15 is 0 Å². The number of alkyl halides is 3. The minimum Gasteiger partial charge on any atom is -0.462 e. The van der Waals surface area contributed by atoms with Crippen LogP contribution < -0.4 is 0 Å². The van der Waals surface area contributed by atoms with Crippen molar-refractivity contribution in [1.82, 2.24) is 19.6 Å². The predicted molar refractivity (Wildman–Crippen MR) is 61.3 cm³/mol. The van der Waals surface area contributed by atoms with Gasteiger partial charge in [0, 0.05) is 19.3 Å². The molecule has 2 rings (SSSR count). The number of halogens is 3. The third kappa shape index (κ3) is 2.51. The molecule has 0 aromatic carbocycles. The Bertz CT molecular complexity index is 630. The lowest BCUT2D eigenvalue weighted by Gasteiger charge is -2.10. The Morgan fingerprint density at radius 3 is 2.65 bits per heavy atom. The molecule has 9 heteroatoms. The molecule has 20 heavy (non-hydrogen) atoms. The van der Waals surface area contributed by atoms with Crippen molar-refractivity contribution >= 4 is 5.97 Å². The van der Waals surface area contributed by atoms with Crippen molar-refractivity contribution in [3.63, 3.8) is 0 Å². The number of aromatic nitrogens is 4. The van der Waals surface area contributed by atoms with Crippen molar-refractivity contribution in [2.45, 2.75) is 13.1 Å². The maximum absolute atomic E-state index is 13.1. The van der Waals surface area contributed by atoms with Crippen LogP contribution >= 0.6 is 0 Å². The van der Waals surface area contributed by atoms with Crippen LogP contribution in [0.15, 0.2) is 18.5 Å². The molecule has 0 amide bonds. The van der Waals surface area contributed by atoms with Gasteiger partial charge in [-0.05, 0) is 6.92 Å². The molecule has 0 fully saturated rings. The van der Waals surface area contributed by atoms with E-state index in [1.807, 2.05) is 0 Å². The standard InChI is InChI=1S/C11H11F3N4O2/c1-3-20-10(19)7-6-15-18(9(7)11(12,13)14)8-4-5-17(2)16-8/h4-6H,3H2,1-2H3. The molecule has 2 aromatic heterocycles. The van der Waals surface area contributed by atoms with E-state index in [9.17, 15) is 18.0 Å². The normalized spacial score (nSPS) is 11.7. The summed E-state index contributed by atoms with van der Waals surface area (Å²) in [4.78, 5) is 11.6. The van der Waals surface area contributed by atoms with E-state index < -0.39 is 23.4 Å². The summed E-state index contributed by atoms with van der Waals surface area (Å²) in [7, 11) is 1.56. The monoisotopic (exact) mass is 288 g/mol. The second-order valence-electron chi connectivity index (χ2n) is 3.88. The molecule has 0 atom stereocenters. The number of esters is 1. The van der Waals surface area contributed by atoms with E-state index in [1.165, 1.54) is 23.9 Å². The van der Waals surface area contributed by atoms with Gasteiger partial charge in [-0.3, -0.25) is 4.68 Å². The van der Waals surface area contributed by atoms with Gasteiger partial charge in [0.2, 0.25) is 0 Å². The lowest BCUT2D eigenvalue weighted by atomic mass is 10.2. The molecule has 0 saturated carbocycles. The van der Waals surface area contributed by atoms with Crippen LogP contribution in [0.5, 0.6) is 0 Å². The summed E-state index contributed by atoms with van der Waals surface area (Å²) >= 11 is 0. The summed E-state index contributed by atoms with van der Waals surface area (Å²) in [6, 6.07) is 1.36. The van der Waals surface area contributed by atoms with Crippen molar-refractivity contribution in [1.29, 1.82) is 0 Å². The van der Waals surface area contributed by atoms with E-state index in [-0.39, 0.29) is 12.4 Å². The van der Waals surface area contributed by atoms with Crippen LogP contribution in [0.1, 0.15) is 23.0 Å². The first kappa shape index (κ1) is 14.1. The minimum atomic E-state index is -4.75. The third-order valence-electron chi connectivity index (χ3n) is 2.45.